The van der Waals surface area contributed by atoms with Gasteiger partial charge in [0.25, 0.3) is 0 Å². The molecule has 0 spiro atoms. The summed E-state index contributed by atoms with van der Waals surface area (Å²) in [5.41, 5.74) is 0. The van der Waals surface area contributed by atoms with Crippen molar-refractivity contribution in [1.82, 2.24) is 0 Å². The van der Waals surface area contributed by atoms with Gasteiger partial charge in [0.15, 0.2) is 0 Å². The quantitative estimate of drug-likeness (QED) is 0.438. The zero-order chi connectivity index (χ0) is 11.7. The summed E-state index contributed by atoms with van der Waals surface area (Å²) in [5, 5.41) is 8.20. The normalized spacial score (nSPS) is 6.41. The average Bonchev–Trinajstić information content (AvgIpc) is 2.27. The van der Waals surface area contributed by atoms with Crippen LogP contribution in [-0.2, 0) is 0 Å². The first-order valence-electron chi connectivity index (χ1n) is 5.96. The summed E-state index contributed by atoms with van der Waals surface area (Å²) in [7, 11) is 0. The number of hydrogen-bond acceptors (Lipinski definition) is 1. The van der Waals surface area contributed by atoms with E-state index in [2.05, 4.69) is 34.3 Å². The lowest BCUT2D eigenvalue weighted by Crippen LogP contribution is -1.78. The summed E-state index contributed by atoms with van der Waals surface area (Å²) in [5.74, 6) is 0. The average molecular weight is 251 g/mol. The summed E-state index contributed by atoms with van der Waals surface area (Å²) < 4.78 is 0. The van der Waals surface area contributed by atoms with Crippen molar-refractivity contribution in [3.8, 4) is 0 Å². The minimum absolute atomic E-state index is 0. The Labute approximate surface area is 113 Å². The van der Waals surface area contributed by atoms with E-state index in [0.717, 1.165) is 19.3 Å². The van der Waals surface area contributed by atoms with Gasteiger partial charge in [0.1, 0.15) is 0 Å². The maximum absolute atomic E-state index is 8.20. The zero-order valence-electron chi connectivity index (χ0n) is 10.7. The molecule has 0 unspecified atom stereocenters. The van der Waals surface area contributed by atoms with Crippen LogP contribution < -0.4 is 0 Å². The molecule has 1 N–H and O–H groups in total. The Balaban J connectivity index is -0.0000000252. The number of hydrogen-bond donors (Lipinski definition) is 1. The first-order valence-corrected chi connectivity index (χ1v) is 5.96. The molecule has 0 atom stereocenters. The molecule has 17 heavy (non-hydrogen) atoms. The summed E-state index contributed by atoms with van der Waals surface area (Å²) in [6.45, 7) is 12.4. The smallest absolute Gasteiger partial charge is 0.0431 e. The molecule has 0 aromatic rings. The van der Waals surface area contributed by atoms with Crippen molar-refractivity contribution in [1.29, 1.82) is 0 Å². The van der Waals surface area contributed by atoms with E-state index in [4.69, 9.17) is 5.11 Å². The van der Waals surface area contributed by atoms with E-state index in [1.165, 1.54) is 19.3 Å². The Hall–Kier alpha value is -0.300. The Bertz CT molecular complexity index is 63.9. The number of aliphatic hydroxyl groups is 1. The molecule has 0 saturated heterocycles. The molecule has 112 valence electrons. The molecular weight excluding hydrogens is 208 g/mol. The molecule has 0 fully saturated rings. The Morgan fingerprint density at radius 3 is 1.24 bits per heavy atom. The molecule has 0 rings (SSSR count). The molecule has 0 aromatic heterocycles. The van der Waals surface area contributed by atoms with E-state index in [1.807, 2.05) is 6.08 Å². The minimum atomic E-state index is 0. The van der Waals surface area contributed by atoms with Gasteiger partial charge in [0.2, 0.25) is 0 Å². The maximum Gasteiger partial charge on any atom is 0.0431 e. The first-order chi connectivity index (χ1) is 6.74. The minimum Gasteiger partial charge on any atom is -0.396 e. The fraction of sp³-hybridized carbons (Fsp3) is 0.875. The van der Waals surface area contributed by atoms with Gasteiger partial charge in [-0.1, -0.05) is 81.7 Å². The van der Waals surface area contributed by atoms with Gasteiger partial charge >= 0.3 is 0 Å². The fourth-order valence-corrected chi connectivity index (χ4v) is 0.362. The summed E-state index contributed by atoms with van der Waals surface area (Å²) >= 11 is 0. The highest BCUT2D eigenvalue weighted by molar-refractivity contribution is 4.60. The van der Waals surface area contributed by atoms with Crippen LogP contribution in [0.3, 0.4) is 0 Å². The van der Waals surface area contributed by atoms with Crippen LogP contribution in [0.1, 0.15) is 88.5 Å². The fourth-order valence-electron chi connectivity index (χ4n) is 0.362. The lowest BCUT2D eigenvalue weighted by atomic mass is 10.3. The van der Waals surface area contributed by atoms with E-state index < -0.39 is 0 Å². The molecule has 0 aliphatic heterocycles. The van der Waals surface area contributed by atoms with Gasteiger partial charge in [-0.05, 0) is 12.8 Å². The molecule has 0 aliphatic carbocycles. The summed E-state index contributed by atoms with van der Waals surface area (Å²) in [6, 6.07) is 0. The van der Waals surface area contributed by atoms with Crippen molar-refractivity contribution in [3.63, 3.8) is 0 Å². The van der Waals surface area contributed by atoms with Crippen molar-refractivity contribution in [2.75, 3.05) is 6.61 Å². The lowest BCUT2D eigenvalue weighted by Gasteiger charge is -1.85. The van der Waals surface area contributed by atoms with E-state index >= 15 is 0 Å². The monoisotopic (exact) mass is 250 g/mol. The van der Waals surface area contributed by atoms with Gasteiger partial charge in [0.05, 0.1) is 0 Å². The molecular formula is C16H42O. The number of aliphatic hydroxyl groups excluding tert-OH is 1. The third kappa shape index (κ3) is 133. The second-order valence-corrected chi connectivity index (χ2v) is 3.13. The van der Waals surface area contributed by atoms with E-state index in [1.54, 1.807) is 0 Å². The molecule has 0 amide bonds. The second kappa shape index (κ2) is 57.2. The third-order valence-corrected chi connectivity index (χ3v) is 1.55. The van der Waals surface area contributed by atoms with Crippen molar-refractivity contribution in [2.45, 2.75) is 88.5 Å². The molecule has 0 aliphatic rings. The molecule has 1 heteroatoms. The van der Waals surface area contributed by atoms with Gasteiger partial charge in [-0.2, -0.15) is 0 Å². The molecule has 0 heterocycles. The van der Waals surface area contributed by atoms with Gasteiger partial charge in [-0.15, -0.1) is 6.58 Å². The lowest BCUT2D eigenvalue weighted by molar-refractivity contribution is 0.284. The van der Waals surface area contributed by atoms with Crippen molar-refractivity contribution in [2.24, 2.45) is 0 Å². The van der Waals surface area contributed by atoms with Gasteiger partial charge in [-0.25, -0.2) is 0 Å². The maximum atomic E-state index is 8.20. The predicted octanol–water partition coefficient (Wildman–Crippen LogP) is 6.47. The van der Waals surface area contributed by atoms with Crippen LogP contribution in [-0.4, -0.2) is 11.7 Å². The molecule has 0 saturated carbocycles. The van der Waals surface area contributed by atoms with Gasteiger partial charge in [-0.3, -0.25) is 0 Å². The topological polar surface area (TPSA) is 20.2 Å². The van der Waals surface area contributed by atoms with Crippen molar-refractivity contribution < 1.29 is 5.11 Å². The van der Waals surface area contributed by atoms with Gasteiger partial charge in [0, 0.05) is 6.61 Å². The number of allylic oxidation sites excluding steroid dienone is 1. The van der Waals surface area contributed by atoms with Crippen molar-refractivity contribution >= 4 is 0 Å². The Kier molecular flexibility index (Phi) is 121. The van der Waals surface area contributed by atoms with Crippen LogP contribution in [0.15, 0.2) is 12.7 Å². The highest BCUT2D eigenvalue weighted by Gasteiger charge is 1.76. The Morgan fingerprint density at radius 2 is 1.18 bits per heavy atom. The van der Waals surface area contributed by atoms with Gasteiger partial charge < -0.3 is 5.11 Å². The SMILES string of the molecule is C.C.C.C=CCC.CCCC.CCCCCO. The molecule has 1 nitrogen and oxygen atoms in total. The number of rotatable bonds is 5. The standard InChI is InChI=1S/C5H12O.C4H10.C4H8.3CH4/c1-2-3-4-5-6;2*1-3-4-2;;;/h6H,2-5H2,1H3;3-4H2,1-2H3;3H,1,4H2,2H3;3*1H4. The van der Waals surface area contributed by atoms with Crippen LogP contribution in [0.5, 0.6) is 0 Å². The molecule has 0 bridgehead atoms. The van der Waals surface area contributed by atoms with Crippen LogP contribution in [0, 0.1) is 0 Å². The predicted molar refractivity (Wildman–Crippen MR) is 87.9 cm³/mol. The summed E-state index contributed by atoms with van der Waals surface area (Å²) in [6.07, 6.45) is 8.92. The van der Waals surface area contributed by atoms with Crippen LogP contribution >= 0.6 is 0 Å². The zero-order valence-corrected chi connectivity index (χ0v) is 10.7. The van der Waals surface area contributed by atoms with Crippen LogP contribution in [0.25, 0.3) is 0 Å². The summed E-state index contributed by atoms with van der Waals surface area (Å²) in [4.78, 5) is 0. The van der Waals surface area contributed by atoms with E-state index in [0.29, 0.717) is 6.61 Å². The largest absolute Gasteiger partial charge is 0.396 e. The first kappa shape index (κ1) is 36.0. The Morgan fingerprint density at radius 1 is 0.824 bits per heavy atom. The van der Waals surface area contributed by atoms with Crippen molar-refractivity contribution in [3.05, 3.63) is 12.7 Å². The van der Waals surface area contributed by atoms with Crippen LogP contribution in [0.2, 0.25) is 0 Å². The van der Waals surface area contributed by atoms with E-state index in [-0.39, 0.29) is 22.3 Å². The van der Waals surface area contributed by atoms with Crippen LogP contribution in [0.4, 0.5) is 0 Å². The third-order valence-electron chi connectivity index (χ3n) is 1.55. The number of unbranched alkanes of at least 4 members (excludes halogenated alkanes) is 3. The molecule has 0 aromatic carbocycles. The van der Waals surface area contributed by atoms with E-state index in [9.17, 15) is 0 Å². The molecule has 0 radical (unpaired) electrons. The second-order valence-electron chi connectivity index (χ2n) is 3.13. The highest BCUT2D eigenvalue weighted by atomic mass is 16.2. The highest BCUT2D eigenvalue weighted by Crippen LogP contribution is 1.89.